The van der Waals surface area contributed by atoms with Crippen molar-refractivity contribution in [2.75, 3.05) is 75.0 Å². The molecule has 0 unspecified atom stereocenters. The number of carbonyl (C=O) groups is 12. The molecule has 4 saturated heterocycles. The lowest BCUT2D eigenvalue weighted by Crippen LogP contribution is -2.65. The minimum Gasteiger partial charge on any atom is -0.343 e. The molecular formula is C76H116ClF3N12O12. The number of carbonyl (C=O) groups excluding carboxylic acids is 12. The highest BCUT2D eigenvalue weighted by atomic mass is 35.5. The van der Waals surface area contributed by atoms with E-state index in [1.165, 1.54) is 87.6 Å². The van der Waals surface area contributed by atoms with Crippen molar-refractivity contribution in [3.63, 3.8) is 0 Å². The van der Waals surface area contributed by atoms with Crippen LogP contribution in [0.1, 0.15) is 207 Å². The Morgan fingerprint density at radius 2 is 1.19 bits per heavy atom. The van der Waals surface area contributed by atoms with E-state index in [2.05, 4.69) is 16.0 Å². The highest BCUT2D eigenvalue weighted by Gasteiger charge is 2.52. The first-order valence-electron chi connectivity index (χ1n) is 38.4. The van der Waals surface area contributed by atoms with Crippen molar-refractivity contribution in [1.82, 2.24) is 60.0 Å². The second kappa shape index (κ2) is 36.0. The van der Waals surface area contributed by atoms with Crippen molar-refractivity contribution in [3.05, 3.63) is 34.3 Å². The van der Waals surface area contributed by atoms with Gasteiger partial charge in [0.1, 0.15) is 59.9 Å². The van der Waals surface area contributed by atoms with Crippen molar-refractivity contribution in [2.45, 2.75) is 268 Å². The molecule has 24 nitrogen and oxygen atoms in total. The van der Waals surface area contributed by atoms with Gasteiger partial charge in [-0.2, -0.15) is 13.2 Å². The number of halogens is 4. The number of nitrogens with one attached hydrogen (secondary N) is 3. The molecule has 8 rings (SSSR count). The normalized spacial score (nSPS) is 28.0. The lowest BCUT2D eigenvalue weighted by Gasteiger charge is -2.46. The number of fused-ring (bicyclic) bond motifs is 2. The Morgan fingerprint density at radius 3 is 1.75 bits per heavy atom. The molecule has 10 atom stereocenters. The minimum absolute atomic E-state index is 0.0246. The number of alkyl halides is 3. The number of likely N-dealkylation sites (N-methyl/N-ethyl adjacent to an activating group) is 6. The van der Waals surface area contributed by atoms with Crippen molar-refractivity contribution < 1.29 is 70.7 Å². The van der Waals surface area contributed by atoms with Gasteiger partial charge in [0.2, 0.25) is 70.9 Å². The highest BCUT2D eigenvalue weighted by Crippen LogP contribution is 2.39. The first kappa shape index (κ1) is 82.6. The maximum Gasteiger partial charge on any atom is 0.417 e. The monoisotopic (exact) mass is 1480 g/mol. The largest absolute Gasteiger partial charge is 0.417 e. The molecule has 4 heterocycles. The van der Waals surface area contributed by atoms with E-state index in [0.717, 1.165) is 69.9 Å². The SMILES string of the molecule is CC[C@H](C)[C@@H]1NC(=O)[C@H](CC(C)C)N(C)C(=O)C[C@@H](C(=O)N2CCCCC2)N(C)C(=O)[C@H](C(C)C)N(C)C(=O)C2(CCCC2)NC(=O)[C@@H]2CCCN2C(=O)[C@H](CCc2ccc(C(F)(F)F)c(Cl)c2)NC(=O)CN(C)C(=O)[C@H](CC2CCCCC2)N(C)C(=O)[C@@H]2CCN2C(=O)[C@H](CC2CCC2)N(C)C1=O. The Labute approximate surface area is 617 Å². The smallest absolute Gasteiger partial charge is 0.343 e. The molecule has 1 aromatic rings. The summed E-state index contributed by atoms with van der Waals surface area (Å²) in [6.07, 6.45) is 6.70. The molecule has 28 heteroatoms. The third-order valence-corrected chi connectivity index (χ3v) is 24.1. The summed E-state index contributed by atoms with van der Waals surface area (Å²) >= 11 is 6.18. The third kappa shape index (κ3) is 19.4. The van der Waals surface area contributed by atoms with Crippen LogP contribution in [0.2, 0.25) is 5.02 Å². The van der Waals surface area contributed by atoms with Crippen LogP contribution < -0.4 is 16.0 Å². The van der Waals surface area contributed by atoms with E-state index in [9.17, 15) is 18.0 Å². The van der Waals surface area contributed by atoms with Gasteiger partial charge < -0.3 is 60.0 Å². The van der Waals surface area contributed by atoms with Gasteiger partial charge >= 0.3 is 6.18 Å². The predicted octanol–water partition coefficient (Wildman–Crippen LogP) is 7.20. The summed E-state index contributed by atoms with van der Waals surface area (Å²) in [7, 11) is 8.79. The van der Waals surface area contributed by atoms with E-state index in [1.807, 2.05) is 27.7 Å². The lowest BCUT2D eigenvalue weighted by atomic mass is 9.80. The Bertz CT molecular complexity index is 3280. The number of rotatable bonds is 13. The van der Waals surface area contributed by atoms with E-state index in [0.29, 0.717) is 57.2 Å². The van der Waals surface area contributed by atoms with Gasteiger partial charge in [-0.25, -0.2) is 0 Å². The topological polar surface area (TPSA) is 270 Å². The van der Waals surface area contributed by atoms with Crippen LogP contribution >= 0.6 is 11.6 Å². The molecule has 0 bridgehead atoms. The standard InChI is InChI=1S/C76H116ClF3N12O12/c1-13-48(6)63-72(102)87(10)59(43-50-26-22-27-50)71(101)92-39-33-56(92)69(99)86(9)58(42-49-24-16-14-17-25-49)68(98)84(7)45-61(93)81-54(32-30-51-29-31-52(53(77)41-51)76(78,79)80)67(97)91-38-23-28-55(91)66(96)83-75(34-18-19-35-75)74(104)89(12)64(47(4)5)73(103)88(11)60(70(100)90-36-20-15-21-37-90)44-62(94)85(8)57(40-46(2)3)65(95)82-63/h29,31,41,46-50,54-60,63-64H,13-28,30,32-40,42-45H2,1-12H3,(H,81,93)(H,82,95)(H,83,96)/t48-,54-,55-,56-,57-,58-,59-,60-,63-,64-/m0/s1. The molecular weight excluding hydrogens is 1370 g/mol. The van der Waals surface area contributed by atoms with Crippen LogP contribution in [-0.4, -0.2) is 250 Å². The first-order chi connectivity index (χ1) is 49.1. The molecule has 12 amide bonds. The summed E-state index contributed by atoms with van der Waals surface area (Å²) in [5, 5.41) is 8.28. The minimum atomic E-state index is -4.76. The summed E-state index contributed by atoms with van der Waals surface area (Å²) in [4.78, 5) is 194. The zero-order valence-electron chi connectivity index (χ0n) is 63.5. The van der Waals surface area contributed by atoms with Crippen LogP contribution in [-0.2, 0) is 70.1 Å². The quantitative estimate of drug-likeness (QED) is 0.177. The molecule has 3 aliphatic carbocycles. The van der Waals surface area contributed by atoms with Gasteiger partial charge in [0.15, 0.2) is 0 Å². The summed E-state index contributed by atoms with van der Waals surface area (Å²) in [6, 6.07) is -7.69. The fourth-order valence-electron chi connectivity index (χ4n) is 16.7. The Balaban J connectivity index is 1.19. The zero-order valence-corrected chi connectivity index (χ0v) is 64.2. The molecule has 1 spiro atoms. The zero-order chi connectivity index (χ0) is 76.4. The van der Waals surface area contributed by atoms with Crippen molar-refractivity contribution in [3.8, 4) is 0 Å². The van der Waals surface area contributed by atoms with Crippen molar-refractivity contribution in [1.29, 1.82) is 0 Å². The number of likely N-dealkylation sites (tertiary alicyclic amines) is 1. The maximum atomic E-state index is 15.5. The van der Waals surface area contributed by atoms with Crippen LogP contribution in [0.3, 0.4) is 0 Å². The van der Waals surface area contributed by atoms with Gasteiger partial charge in [-0.1, -0.05) is 130 Å². The molecule has 7 aliphatic rings. The van der Waals surface area contributed by atoms with Crippen LogP contribution in [0.5, 0.6) is 0 Å². The summed E-state index contributed by atoms with van der Waals surface area (Å²) < 4.78 is 41.8. The van der Waals surface area contributed by atoms with E-state index in [-0.39, 0.29) is 88.6 Å². The van der Waals surface area contributed by atoms with Crippen LogP contribution in [0.25, 0.3) is 0 Å². The lowest BCUT2D eigenvalue weighted by molar-refractivity contribution is -0.161. The van der Waals surface area contributed by atoms with Gasteiger partial charge in [0.05, 0.1) is 23.6 Å². The molecule has 1 aromatic carbocycles. The number of hydrogen-bond donors (Lipinski definition) is 3. The number of nitrogens with zero attached hydrogens (tertiary/aromatic N) is 9. The third-order valence-electron chi connectivity index (χ3n) is 23.8. The van der Waals surface area contributed by atoms with Crippen LogP contribution in [0.4, 0.5) is 13.2 Å². The molecule has 104 heavy (non-hydrogen) atoms. The van der Waals surface area contributed by atoms with E-state index >= 15 is 52.7 Å². The van der Waals surface area contributed by atoms with Gasteiger partial charge in [-0.3, -0.25) is 57.5 Å². The van der Waals surface area contributed by atoms with Gasteiger partial charge in [0, 0.05) is 68.5 Å². The number of benzene rings is 1. The highest BCUT2D eigenvalue weighted by molar-refractivity contribution is 6.31. The predicted molar refractivity (Wildman–Crippen MR) is 385 cm³/mol. The second-order valence-corrected chi connectivity index (χ2v) is 32.3. The Hall–Kier alpha value is -7.06. The summed E-state index contributed by atoms with van der Waals surface area (Å²) in [5.41, 5.74) is -2.35. The van der Waals surface area contributed by atoms with Crippen LogP contribution in [0.15, 0.2) is 18.2 Å². The Morgan fingerprint density at radius 1 is 0.596 bits per heavy atom. The van der Waals surface area contributed by atoms with Gasteiger partial charge in [0.25, 0.3) is 0 Å². The fourth-order valence-corrected chi connectivity index (χ4v) is 17.0. The molecule has 3 saturated carbocycles. The fraction of sp³-hybridized carbons (Fsp3) is 0.763. The first-order valence-corrected chi connectivity index (χ1v) is 38.7. The molecule has 7 fully saturated rings. The molecule has 0 aromatic heterocycles. The maximum absolute atomic E-state index is 15.5. The summed E-state index contributed by atoms with van der Waals surface area (Å²) in [6.45, 7) is 11.3. The Kier molecular flexibility index (Phi) is 28.6. The van der Waals surface area contributed by atoms with E-state index in [4.69, 9.17) is 11.6 Å². The number of hydrogen-bond acceptors (Lipinski definition) is 12. The molecule has 3 N–H and O–H groups in total. The number of amides is 12. The molecule has 4 aliphatic heterocycles. The molecule has 580 valence electrons. The average Bonchev–Trinajstić information content (AvgIpc) is 1.05. The second-order valence-electron chi connectivity index (χ2n) is 31.9. The summed E-state index contributed by atoms with van der Waals surface area (Å²) in [5.74, 6) is -8.54. The van der Waals surface area contributed by atoms with Crippen molar-refractivity contribution >= 4 is 82.5 Å². The number of aryl methyl sites for hydroxylation is 1. The number of piperidine rings is 1. The molecule has 0 radical (unpaired) electrons. The van der Waals surface area contributed by atoms with Crippen LogP contribution in [0, 0.1) is 29.6 Å². The van der Waals surface area contributed by atoms with Gasteiger partial charge in [-0.05, 0) is 131 Å². The van der Waals surface area contributed by atoms with Crippen molar-refractivity contribution in [2.24, 2.45) is 29.6 Å². The van der Waals surface area contributed by atoms with E-state index < -0.39 is 172 Å². The average molecular weight is 1480 g/mol. The van der Waals surface area contributed by atoms with E-state index in [1.54, 1.807) is 18.7 Å². The van der Waals surface area contributed by atoms with Gasteiger partial charge in [-0.15, -0.1) is 0 Å².